The molecule has 1 N–H and O–H groups in total. The van der Waals surface area contributed by atoms with Gasteiger partial charge in [0.25, 0.3) is 0 Å². The number of sulfonamides is 1. The van der Waals surface area contributed by atoms with Gasteiger partial charge in [-0.25, -0.2) is 22.2 Å². The normalized spacial score (nSPS) is 19.6. The molecule has 2 aromatic rings. The fourth-order valence-corrected chi connectivity index (χ4v) is 4.82. The van der Waals surface area contributed by atoms with Crippen molar-refractivity contribution in [2.24, 2.45) is 5.41 Å². The van der Waals surface area contributed by atoms with E-state index in [9.17, 15) is 12.8 Å². The standard InChI is InChI=1S/C18H24FN3O2S/c1-4-8-25(23,24)21-16-10-18(2,3)11-17-15(16)12-20-22(17)14-7-5-6-13(19)9-14/h5-7,9,12,16,21H,4,8,10-11H2,1-3H3. The van der Waals surface area contributed by atoms with E-state index in [1.807, 2.05) is 6.92 Å². The Morgan fingerprint density at radius 3 is 2.84 bits per heavy atom. The molecule has 0 radical (unpaired) electrons. The molecule has 0 aliphatic heterocycles. The average Bonchev–Trinajstić information content (AvgIpc) is 2.89. The van der Waals surface area contributed by atoms with Crippen LogP contribution < -0.4 is 4.72 Å². The predicted octanol–water partition coefficient (Wildman–Crippen LogP) is 3.35. The first-order valence-electron chi connectivity index (χ1n) is 8.53. The van der Waals surface area contributed by atoms with Crippen LogP contribution in [0.5, 0.6) is 0 Å². The Morgan fingerprint density at radius 2 is 2.16 bits per heavy atom. The van der Waals surface area contributed by atoms with E-state index in [1.165, 1.54) is 12.1 Å². The highest BCUT2D eigenvalue weighted by molar-refractivity contribution is 7.89. The highest BCUT2D eigenvalue weighted by Crippen LogP contribution is 2.41. The molecule has 0 spiro atoms. The zero-order valence-electron chi connectivity index (χ0n) is 14.8. The van der Waals surface area contributed by atoms with Gasteiger partial charge in [-0.15, -0.1) is 0 Å². The van der Waals surface area contributed by atoms with Gasteiger partial charge in [0, 0.05) is 11.3 Å². The summed E-state index contributed by atoms with van der Waals surface area (Å²) in [6.45, 7) is 6.07. The molecule has 0 fully saturated rings. The molecule has 0 saturated carbocycles. The minimum absolute atomic E-state index is 0.0858. The molecule has 1 aromatic carbocycles. The Labute approximate surface area is 148 Å². The SMILES string of the molecule is CCCS(=O)(=O)NC1CC(C)(C)Cc2c1cnn2-c1cccc(F)c1. The molecule has 1 aromatic heterocycles. The van der Waals surface area contributed by atoms with Crippen molar-refractivity contribution < 1.29 is 12.8 Å². The molecule has 0 amide bonds. The van der Waals surface area contributed by atoms with Crippen LogP contribution in [-0.4, -0.2) is 24.0 Å². The third-order valence-corrected chi connectivity index (χ3v) is 6.12. The summed E-state index contributed by atoms with van der Waals surface area (Å²) in [5, 5.41) is 4.42. The predicted molar refractivity (Wildman–Crippen MR) is 95.6 cm³/mol. The summed E-state index contributed by atoms with van der Waals surface area (Å²) in [6.07, 6.45) is 3.73. The zero-order valence-corrected chi connectivity index (χ0v) is 15.6. The molecule has 1 atom stereocenters. The second-order valence-corrected chi connectivity index (χ2v) is 9.35. The van der Waals surface area contributed by atoms with Crippen molar-refractivity contribution in [3.05, 3.63) is 47.5 Å². The Hall–Kier alpha value is -1.73. The van der Waals surface area contributed by atoms with E-state index in [0.29, 0.717) is 18.5 Å². The molecular formula is C18H24FN3O2S. The maximum absolute atomic E-state index is 13.6. The third-order valence-electron chi connectivity index (χ3n) is 4.53. The van der Waals surface area contributed by atoms with Crippen LogP contribution in [0.2, 0.25) is 0 Å². The van der Waals surface area contributed by atoms with Crippen LogP contribution in [0.1, 0.15) is 50.9 Å². The van der Waals surface area contributed by atoms with Gasteiger partial charge in [0.15, 0.2) is 0 Å². The van der Waals surface area contributed by atoms with E-state index >= 15 is 0 Å². The van der Waals surface area contributed by atoms with Crippen LogP contribution in [0.4, 0.5) is 4.39 Å². The lowest BCUT2D eigenvalue weighted by Crippen LogP contribution is -2.37. The number of fused-ring (bicyclic) bond motifs is 1. The van der Waals surface area contributed by atoms with E-state index < -0.39 is 10.0 Å². The first-order valence-corrected chi connectivity index (χ1v) is 10.2. The van der Waals surface area contributed by atoms with Crippen molar-refractivity contribution in [1.29, 1.82) is 0 Å². The molecule has 0 saturated heterocycles. The van der Waals surface area contributed by atoms with Gasteiger partial charge < -0.3 is 0 Å². The lowest BCUT2D eigenvalue weighted by Gasteiger charge is -2.35. The maximum Gasteiger partial charge on any atom is 0.212 e. The topological polar surface area (TPSA) is 64.0 Å². The summed E-state index contributed by atoms with van der Waals surface area (Å²) < 4.78 is 42.7. The fraction of sp³-hybridized carbons (Fsp3) is 0.500. The third kappa shape index (κ3) is 3.93. The van der Waals surface area contributed by atoms with E-state index in [1.54, 1.807) is 23.0 Å². The number of rotatable bonds is 5. The summed E-state index contributed by atoms with van der Waals surface area (Å²) in [6, 6.07) is 5.97. The average molecular weight is 365 g/mol. The number of aromatic nitrogens is 2. The van der Waals surface area contributed by atoms with Gasteiger partial charge in [0.2, 0.25) is 10.0 Å². The van der Waals surface area contributed by atoms with Gasteiger partial charge >= 0.3 is 0 Å². The van der Waals surface area contributed by atoms with Crippen molar-refractivity contribution >= 4 is 10.0 Å². The first-order chi connectivity index (χ1) is 11.7. The van der Waals surface area contributed by atoms with E-state index in [2.05, 4.69) is 23.7 Å². The smallest absolute Gasteiger partial charge is 0.212 e. The van der Waals surface area contributed by atoms with Crippen molar-refractivity contribution in [3.8, 4) is 5.69 Å². The molecule has 1 aliphatic carbocycles. The first kappa shape index (κ1) is 18.1. The second kappa shape index (κ2) is 6.53. The molecule has 7 heteroatoms. The molecule has 1 aliphatic rings. The van der Waals surface area contributed by atoms with E-state index in [-0.39, 0.29) is 23.0 Å². The summed E-state index contributed by atoms with van der Waals surface area (Å²) in [5.41, 5.74) is 2.38. The Morgan fingerprint density at radius 1 is 1.40 bits per heavy atom. The van der Waals surface area contributed by atoms with Gasteiger partial charge in [-0.05, 0) is 42.9 Å². The number of nitrogens with one attached hydrogen (secondary N) is 1. The van der Waals surface area contributed by atoms with Gasteiger partial charge in [-0.2, -0.15) is 5.10 Å². The van der Waals surface area contributed by atoms with E-state index in [4.69, 9.17) is 0 Å². The Balaban J connectivity index is 2.02. The van der Waals surface area contributed by atoms with Crippen LogP contribution in [-0.2, 0) is 16.4 Å². The lowest BCUT2D eigenvalue weighted by atomic mass is 9.74. The van der Waals surface area contributed by atoms with Gasteiger partial charge in [-0.1, -0.05) is 26.8 Å². The van der Waals surface area contributed by atoms with Crippen LogP contribution >= 0.6 is 0 Å². The lowest BCUT2D eigenvalue weighted by molar-refractivity contribution is 0.268. The summed E-state index contributed by atoms with van der Waals surface area (Å²) in [7, 11) is -3.33. The molecule has 0 bridgehead atoms. The number of hydrogen-bond acceptors (Lipinski definition) is 3. The van der Waals surface area contributed by atoms with Gasteiger partial charge in [-0.3, -0.25) is 0 Å². The number of halogens is 1. The van der Waals surface area contributed by atoms with Crippen molar-refractivity contribution in [3.63, 3.8) is 0 Å². The zero-order chi connectivity index (χ0) is 18.2. The summed E-state index contributed by atoms with van der Waals surface area (Å²) >= 11 is 0. The van der Waals surface area contributed by atoms with Gasteiger partial charge in [0.05, 0.1) is 23.7 Å². The quantitative estimate of drug-likeness (QED) is 0.884. The Bertz CT molecular complexity index is 874. The van der Waals surface area contributed by atoms with Crippen LogP contribution in [0.15, 0.2) is 30.5 Å². The molecule has 1 heterocycles. The Kier molecular flexibility index (Phi) is 4.72. The molecule has 5 nitrogen and oxygen atoms in total. The minimum Gasteiger partial charge on any atom is -0.237 e. The van der Waals surface area contributed by atoms with Crippen molar-refractivity contribution in [2.45, 2.75) is 46.1 Å². The molecule has 1 unspecified atom stereocenters. The monoisotopic (exact) mass is 365 g/mol. The molecule has 136 valence electrons. The minimum atomic E-state index is -3.33. The van der Waals surface area contributed by atoms with E-state index in [0.717, 1.165) is 17.7 Å². The largest absolute Gasteiger partial charge is 0.237 e. The maximum atomic E-state index is 13.6. The second-order valence-electron chi connectivity index (χ2n) is 7.47. The van der Waals surface area contributed by atoms with Crippen LogP contribution in [0, 0.1) is 11.2 Å². The van der Waals surface area contributed by atoms with Crippen LogP contribution in [0.25, 0.3) is 5.69 Å². The van der Waals surface area contributed by atoms with Crippen molar-refractivity contribution in [1.82, 2.24) is 14.5 Å². The summed E-state index contributed by atoms with van der Waals surface area (Å²) in [4.78, 5) is 0. The van der Waals surface area contributed by atoms with Crippen molar-refractivity contribution in [2.75, 3.05) is 5.75 Å². The van der Waals surface area contributed by atoms with Crippen LogP contribution in [0.3, 0.4) is 0 Å². The highest BCUT2D eigenvalue weighted by Gasteiger charge is 2.36. The fourth-order valence-electron chi connectivity index (χ4n) is 3.52. The number of hydrogen-bond donors (Lipinski definition) is 1. The molecule has 3 rings (SSSR count). The molecule has 25 heavy (non-hydrogen) atoms. The van der Waals surface area contributed by atoms with Gasteiger partial charge in [0.1, 0.15) is 5.82 Å². The summed E-state index contributed by atoms with van der Waals surface area (Å²) in [5.74, 6) is -0.214. The number of benzene rings is 1. The number of nitrogens with zero attached hydrogens (tertiary/aromatic N) is 2. The highest BCUT2D eigenvalue weighted by atomic mass is 32.2. The molecular weight excluding hydrogens is 341 g/mol.